The van der Waals surface area contributed by atoms with E-state index in [0.29, 0.717) is 15.9 Å². The van der Waals surface area contributed by atoms with Gasteiger partial charge in [-0.2, -0.15) is 0 Å². The molecule has 1 fully saturated rings. The van der Waals surface area contributed by atoms with Gasteiger partial charge in [0.25, 0.3) is 0 Å². The van der Waals surface area contributed by atoms with Crippen LogP contribution in [-0.2, 0) is 0 Å². The number of benzene rings is 1. The molecule has 0 amide bonds. The molecule has 1 aliphatic heterocycles. The van der Waals surface area contributed by atoms with Crippen LogP contribution in [0.25, 0.3) is 0 Å². The first-order valence-electron chi connectivity index (χ1n) is 8.49. The van der Waals surface area contributed by atoms with Crippen molar-refractivity contribution in [1.82, 2.24) is 10.3 Å². The van der Waals surface area contributed by atoms with Crippen LogP contribution in [0.1, 0.15) is 29.3 Å². The van der Waals surface area contributed by atoms with Gasteiger partial charge in [-0.15, -0.1) is 0 Å². The predicted molar refractivity (Wildman–Crippen MR) is 109 cm³/mol. The van der Waals surface area contributed by atoms with Gasteiger partial charge in [-0.1, -0.05) is 17.7 Å². The van der Waals surface area contributed by atoms with Gasteiger partial charge in [0.2, 0.25) is 0 Å². The lowest BCUT2D eigenvalue weighted by Gasteiger charge is -2.26. The van der Waals surface area contributed by atoms with Crippen molar-refractivity contribution in [2.75, 3.05) is 12.0 Å². The summed E-state index contributed by atoms with van der Waals surface area (Å²) in [6.07, 6.45) is 1.78. The van der Waals surface area contributed by atoms with Gasteiger partial charge in [0, 0.05) is 11.9 Å². The maximum absolute atomic E-state index is 6.36. The second kappa shape index (κ2) is 7.21. The van der Waals surface area contributed by atoms with E-state index in [0.717, 1.165) is 22.9 Å². The third-order valence-corrected chi connectivity index (χ3v) is 5.17. The van der Waals surface area contributed by atoms with Gasteiger partial charge in [0.05, 0.1) is 23.9 Å². The normalized spacial score (nSPS) is 19.2. The first-order valence-corrected chi connectivity index (χ1v) is 9.27. The maximum Gasteiger partial charge on any atom is 0.174 e. The van der Waals surface area contributed by atoms with Crippen LogP contribution in [0.4, 0.5) is 5.69 Å². The van der Waals surface area contributed by atoms with E-state index < -0.39 is 0 Å². The number of ether oxygens (including phenoxy) is 1. The molecule has 3 heterocycles. The van der Waals surface area contributed by atoms with Gasteiger partial charge in [-0.05, 0) is 61.6 Å². The Morgan fingerprint density at radius 1 is 1.22 bits per heavy atom. The highest BCUT2D eigenvalue weighted by Crippen LogP contribution is 2.43. The van der Waals surface area contributed by atoms with Gasteiger partial charge in [-0.25, -0.2) is 0 Å². The van der Waals surface area contributed by atoms with Gasteiger partial charge >= 0.3 is 0 Å². The fourth-order valence-electron chi connectivity index (χ4n) is 3.34. The van der Waals surface area contributed by atoms with Crippen molar-refractivity contribution in [3.05, 3.63) is 77.0 Å². The second-order valence-electron chi connectivity index (χ2n) is 6.26. The molecule has 0 aliphatic carbocycles. The van der Waals surface area contributed by atoms with E-state index in [1.807, 2.05) is 60.4 Å². The number of thiocarbonyl (C=S) groups is 1. The maximum atomic E-state index is 6.36. The summed E-state index contributed by atoms with van der Waals surface area (Å²) in [6.45, 7) is 1.93. The van der Waals surface area contributed by atoms with Gasteiger partial charge < -0.3 is 19.4 Å². The molecule has 1 aromatic carbocycles. The zero-order valence-electron chi connectivity index (χ0n) is 14.8. The van der Waals surface area contributed by atoms with E-state index in [1.165, 1.54) is 0 Å². The number of nitrogens with one attached hydrogen (secondary N) is 1. The van der Waals surface area contributed by atoms with E-state index >= 15 is 0 Å². The Labute approximate surface area is 167 Å². The number of pyridine rings is 1. The fourth-order valence-corrected chi connectivity index (χ4v) is 3.94. The zero-order valence-corrected chi connectivity index (χ0v) is 16.4. The average Bonchev–Trinajstić information content (AvgIpc) is 3.25. The third kappa shape index (κ3) is 3.26. The Morgan fingerprint density at radius 3 is 2.70 bits per heavy atom. The largest absolute Gasteiger partial charge is 0.495 e. The van der Waals surface area contributed by atoms with Gasteiger partial charge in [-0.3, -0.25) is 4.98 Å². The zero-order chi connectivity index (χ0) is 19.0. The Hall–Kier alpha value is -2.57. The van der Waals surface area contributed by atoms with Crippen molar-refractivity contribution in [1.29, 1.82) is 0 Å². The fraction of sp³-hybridized carbons (Fsp3) is 0.200. The summed E-state index contributed by atoms with van der Waals surface area (Å²) >= 11 is 12.0. The highest BCUT2D eigenvalue weighted by atomic mass is 35.5. The van der Waals surface area contributed by atoms with Crippen molar-refractivity contribution in [3.8, 4) is 5.75 Å². The molecule has 4 rings (SSSR count). The monoisotopic (exact) mass is 399 g/mol. The molecule has 1 N–H and O–H groups in total. The number of hydrogen-bond donors (Lipinski definition) is 1. The van der Waals surface area contributed by atoms with Crippen LogP contribution in [0.15, 0.2) is 59.1 Å². The standard InChI is InChI=1S/C20H18ClN3O2S/c1-12-6-8-17(26-12)19-18(15-5-3-4-10-22-15)23-20(27)24(19)13-7-9-16(25-2)14(21)11-13/h3-11,18-19H,1-2H3,(H,23,27)/t18-,19+/m1/s1. The average molecular weight is 400 g/mol. The summed E-state index contributed by atoms with van der Waals surface area (Å²) in [5.41, 5.74) is 1.75. The van der Waals surface area contributed by atoms with Gasteiger partial charge in [0.1, 0.15) is 23.3 Å². The summed E-state index contributed by atoms with van der Waals surface area (Å²) < 4.78 is 11.2. The number of halogens is 1. The highest BCUT2D eigenvalue weighted by molar-refractivity contribution is 7.80. The van der Waals surface area contributed by atoms with E-state index in [4.69, 9.17) is 33.0 Å². The molecule has 5 nitrogen and oxygen atoms in total. The molecule has 0 radical (unpaired) electrons. The number of rotatable bonds is 4. The summed E-state index contributed by atoms with van der Waals surface area (Å²) in [6, 6.07) is 15.0. The van der Waals surface area contributed by atoms with Gasteiger partial charge in [0.15, 0.2) is 5.11 Å². The van der Waals surface area contributed by atoms with E-state index in [1.54, 1.807) is 13.3 Å². The van der Waals surface area contributed by atoms with Crippen molar-refractivity contribution in [2.45, 2.75) is 19.0 Å². The minimum absolute atomic E-state index is 0.148. The number of aromatic nitrogens is 1. The highest BCUT2D eigenvalue weighted by Gasteiger charge is 2.42. The molecule has 138 valence electrons. The molecular weight excluding hydrogens is 382 g/mol. The van der Waals surface area contributed by atoms with Crippen LogP contribution in [0.2, 0.25) is 5.02 Å². The number of nitrogens with zero attached hydrogens (tertiary/aromatic N) is 2. The smallest absolute Gasteiger partial charge is 0.174 e. The van der Waals surface area contributed by atoms with Crippen LogP contribution in [0.5, 0.6) is 5.75 Å². The molecule has 3 aromatic rings. The molecule has 0 bridgehead atoms. The van der Waals surface area contributed by atoms with Crippen LogP contribution < -0.4 is 15.0 Å². The quantitative estimate of drug-likeness (QED) is 0.634. The predicted octanol–water partition coefficient (Wildman–Crippen LogP) is 4.82. The first kappa shape index (κ1) is 17.8. The minimum atomic E-state index is -0.189. The van der Waals surface area contributed by atoms with Crippen molar-refractivity contribution < 1.29 is 9.15 Å². The molecule has 27 heavy (non-hydrogen) atoms. The first-order chi connectivity index (χ1) is 13.1. The lowest BCUT2D eigenvalue weighted by Crippen LogP contribution is -2.29. The Bertz CT molecular complexity index is 976. The number of furan rings is 1. The van der Waals surface area contributed by atoms with Crippen LogP contribution in [-0.4, -0.2) is 17.2 Å². The number of anilines is 1. The molecule has 0 unspecified atom stereocenters. The number of methoxy groups -OCH3 is 1. The summed E-state index contributed by atoms with van der Waals surface area (Å²) in [5, 5.41) is 4.50. The molecule has 1 aliphatic rings. The van der Waals surface area contributed by atoms with E-state index in [-0.39, 0.29) is 12.1 Å². The van der Waals surface area contributed by atoms with Crippen molar-refractivity contribution >= 4 is 34.6 Å². The van der Waals surface area contributed by atoms with Crippen LogP contribution in [0.3, 0.4) is 0 Å². The van der Waals surface area contributed by atoms with Crippen molar-refractivity contribution in [2.24, 2.45) is 0 Å². The lowest BCUT2D eigenvalue weighted by molar-refractivity contribution is 0.414. The van der Waals surface area contributed by atoms with Crippen LogP contribution >= 0.6 is 23.8 Å². The minimum Gasteiger partial charge on any atom is -0.495 e. The molecule has 1 saturated heterocycles. The topological polar surface area (TPSA) is 50.5 Å². The van der Waals surface area contributed by atoms with E-state index in [2.05, 4.69) is 10.3 Å². The third-order valence-electron chi connectivity index (χ3n) is 4.56. The Morgan fingerprint density at radius 2 is 2.07 bits per heavy atom. The van der Waals surface area contributed by atoms with Crippen molar-refractivity contribution in [3.63, 3.8) is 0 Å². The summed E-state index contributed by atoms with van der Waals surface area (Å²) in [7, 11) is 1.59. The second-order valence-corrected chi connectivity index (χ2v) is 7.06. The van der Waals surface area contributed by atoms with Crippen LogP contribution in [0, 0.1) is 6.92 Å². The Kier molecular flexibility index (Phi) is 4.76. The lowest BCUT2D eigenvalue weighted by atomic mass is 10.0. The number of hydrogen-bond acceptors (Lipinski definition) is 4. The number of aryl methyl sites for hydroxylation is 1. The summed E-state index contributed by atoms with van der Waals surface area (Å²) in [5.74, 6) is 2.27. The molecular formula is C20H18ClN3O2S. The molecule has 0 saturated carbocycles. The molecule has 2 aromatic heterocycles. The molecule has 0 spiro atoms. The summed E-state index contributed by atoms with van der Waals surface area (Å²) in [4.78, 5) is 6.53. The molecule has 7 heteroatoms. The van der Waals surface area contributed by atoms with E-state index in [9.17, 15) is 0 Å². The Balaban J connectivity index is 1.81. The molecule has 2 atom stereocenters. The SMILES string of the molecule is COc1ccc(N2C(=S)N[C@H](c3ccccn3)[C@@H]2c2ccc(C)o2)cc1Cl.